The summed E-state index contributed by atoms with van der Waals surface area (Å²) in [4.78, 5) is 3.92. The van der Waals surface area contributed by atoms with E-state index in [9.17, 15) is 8.42 Å². The van der Waals surface area contributed by atoms with Gasteiger partial charge in [-0.25, -0.2) is 4.98 Å². The van der Waals surface area contributed by atoms with Crippen LogP contribution in [0.2, 0.25) is 0 Å². The second kappa shape index (κ2) is 4.54. The molecular formula is C7H11NO5S. The molecule has 0 spiro atoms. The molecule has 1 heterocycles. The van der Waals surface area contributed by atoms with Crippen molar-refractivity contribution < 1.29 is 21.8 Å². The summed E-state index contributed by atoms with van der Waals surface area (Å²) in [6, 6.07) is 0. The van der Waals surface area contributed by atoms with Crippen LogP contribution in [-0.2, 0) is 32.3 Å². The predicted octanol–water partition coefficient (Wildman–Crippen LogP) is 0.297. The molecule has 0 fully saturated rings. The number of rotatable bonds is 5. The Labute approximate surface area is 82.0 Å². The zero-order chi connectivity index (χ0) is 10.6. The number of nitrogens with zero attached hydrogens (tertiary/aromatic N) is 1. The van der Waals surface area contributed by atoms with Crippen molar-refractivity contribution in [2.75, 3.05) is 13.4 Å². The van der Waals surface area contributed by atoms with Crippen LogP contribution < -0.4 is 0 Å². The summed E-state index contributed by atoms with van der Waals surface area (Å²) < 4.78 is 35.5. The van der Waals surface area contributed by atoms with Crippen molar-refractivity contribution in [2.45, 2.75) is 13.2 Å². The first-order chi connectivity index (χ1) is 6.51. The highest BCUT2D eigenvalue weighted by Crippen LogP contribution is 2.05. The number of hydrogen-bond donors (Lipinski definition) is 0. The smallest absolute Gasteiger partial charge is 0.264 e. The molecule has 1 aromatic rings. The van der Waals surface area contributed by atoms with E-state index in [1.165, 1.54) is 13.4 Å². The van der Waals surface area contributed by atoms with Gasteiger partial charge in [-0.1, -0.05) is 0 Å². The maximum atomic E-state index is 10.6. The van der Waals surface area contributed by atoms with Gasteiger partial charge in [0, 0.05) is 7.11 Å². The zero-order valence-electron chi connectivity index (χ0n) is 7.89. The van der Waals surface area contributed by atoms with E-state index < -0.39 is 10.1 Å². The van der Waals surface area contributed by atoms with Gasteiger partial charge in [0.2, 0.25) is 5.89 Å². The van der Waals surface area contributed by atoms with Crippen molar-refractivity contribution in [1.82, 2.24) is 4.98 Å². The minimum absolute atomic E-state index is 0.119. The van der Waals surface area contributed by atoms with E-state index in [0.717, 1.165) is 6.26 Å². The number of hydrogen-bond acceptors (Lipinski definition) is 6. The summed E-state index contributed by atoms with van der Waals surface area (Å²) in [7, 11) is -1.93. The molecule has 0 aliphatic rings. The van der Waals surface area contributed by atoms with Crippen LogP contribution in [0, 0.1) is 0 Å². The Morgan fingerprint density at radius 1 is 1.50 bits per heavy atom. The number of ether oxygens (including phenoxy) is 1. The molecule has 14 heavy (non-hydrogen) atoms. The molecule has 80 valence electrons. The van der Waals surface area contributed by atoms with Crippen molar-refractivity contribution >= 4 is 10.1 Å². The summed E-state index contributed by atoms with van der Waals surface area (Å²) in [5.41, 5.74) is 0.419. The van der Waals surface area contributed by atoms with E-state index in [-0.39, 0.29) is 13.2 Å². The van der Waals surface area contributed by atoms with Gasteiger partial charge in [0.05, 0.1) is 6.26 Å². The van der Waals surface area contributed by atoms with Gasteiger partial charge in [0.25, 0.3) is 10.1 Å². The summed E-state index contributed by atoms with van der Waals surface area (Å²) in [5.74, 6) is 0.389. The third-order valence-corrected chi connectivity index (χ3v) is 1.83. The van der Waals surface area contributed by atoms with E-state index >= 15 is 0 Å². The predicted molar refractivity (Wildman–Crippen MR) is 46.8 cm³/mol. The van der Waals surface area contributed by atoms with Crippen molar-refractivity contribution in [3.05, 3.63) is 17.8 Å². The summed E-state index contributed by atoms with van der Waals surface area (Å²) >= 11 is 0. The lowest BCUT2D eigenvalue weighted by molar-refractivity contribution is 0.159. The highest BCUT2D eigenvalue weighted by Gasteiger charge is 2.07. The van der Waals surface area contributed by atoms with Crippen LogP contribution in [0.3, 0.4) is 0 Å². The van der Waals surface area contributed by atoms with Crippen LogP contribution in [-0.4, -0.2) is 26.8 Å². The van der Waals surface area contributed by atoms with E-state index in [1.54, 1.807) is 0 Å². The van der Waals surface area contributed by atoms with Crippen molar-refractivity contribution in [2.24, 2.45) is 0 Å². The van der Waals surface area contributed by atoms with Gasteiger partial charge in [-0.2, -0.15) is 8.42 Å². The van der Waals surface area contributed by atoms with Gasteiger partial charge in [-0.05, 0) is 0 Å². The highest BCUT2D eigenvalue weighted by molar-refractivity contribution is 7.85. The van der Waals surface area contributed by atoms with E-state index in [1.807, 2.05) is 0 Å². The number of oxazole rings is 1. The molecule has 0 atom stereocenters. The Bertz CT molecular complexity index is 383. The second-order valence-electron chi connectivity index (χ2n) is 2.63. The Morgan fingerprint density at radius 2 is 2.21 bits per heavy atom. The fourth-order valence-corrected chi connectivity index (χ4v) is 1.11. The Morgan fingerprint density at radius 3 is 2.79 bits per heavy atom. The standard InChI is InChI=1S/C7H11NO5S/c1-11-5-7-8-6(3-12-7)4-13-14(2,9)10/h3H,4-5H2,1-2H3. The van der Waals surface area contributed by atoms with Gasteiger partial charge in [0.15, 0.2) is 0 Å². The maximum Gasteiger partial charge on any atom is 0.264 e. The van der Waals surface area contributed by atoms with Gasteiger partial charge >= 0.3 is 0 Å². The van der Waals surface area contributed by atoms with Crippen LogP contribution in [0.25, 0.3) is 0 Å². The van der Waals surface area contributed by atoms with Crippen LogP contribution in [0.5, 0.6) is 0 Å². The third kappa shape index (κ3) is 3.86. The fourth-order valence-electron chi connectivity index (χ4n) is 0.772. The highest BCUT2D eigenvalue weighted by atomic mass is 32.2. The monoisotopic (exact) mass is 221 g/mol. The molecule has 0 saturated carbocycles. The van der Waals surface area contributed by atoms with E-state index in [2.05, 4.69) is 9.17 Å². The Balaban J connectivity index is 2.52. The van der Waals surface area contributed by atoms with Crippen molar-refractivity contribution in [3.8, 4) is 0 Å². The van der Waals surface area contributed by atoms with Gasteiger partial charge in [0.1, 0.15) is 25.2 Å². The molecule has 0 amide bonds. The minimum atomic E-state index is -3.44. The van der Waals surface area contributed by atoms with E-state index in [0.29, 0.717) is 11.6 Å². The largest absolute Gasteiger partial charge is 0.446 e. The van der Waals surface area contributed by atoms with Gasteiger partial charge < -0.3 is 9.15 Å². The normalized spacial score (nSPS) is 11.9. The lowest BCUT2D eigenvalue weighted by Crippen LogP contribution is -2.02. The van der Waals surface area contributed by atoms with Crippen molar-refractivity contribution in [1.29, 1.82) is 0 Å². The Kier molecular flexibility index (Phi) is 3.62. The molecule has 0 saturated heterocycles. The number of methoxy groups -OCH3 is 1. The molecule has 0 unspecified atom stereocenters. The maximum absolute atomic E-state index is 10.6. The first kappa shape index (κ1) is 11.2. The third-order valence-electron chi connectivity index (χ3n) is 1.29. The molecule has 0 aliphatic heterocycles. The quantitative estimate of drug-likeness (QED) is 0.665. The molecule has 6 nitrogen and oxygen atoms in total. The zero-order valence-corrected chi connectivity index (χ0v) is 8.70. The molecule has 0 bridgehead atoms. The second-order valence-corrected chi connectivity index (χ2v) is 4.28. The van der Waals surface area contributed by atoms with Crippen LogP contribution in [0.1, 0.15) is 11.6 Å². The van der Waals surface area contributed by atoms with Crippen molar-refractivity contribution in [3.63, 3.8) is 0 Å². The molecule has 0 radical (unpaired) electrons. The van der Waals surface area contributed by atoms with Crippen LogP contribution in [0.4, 0.5) is 0 Å². The van der Waals surface area contributed by atoms with Gasteiger partial charge in [-0.15, -0.1) is 0 Å². The first-order valence-corrected chi connectivity index (χ1v) is 5.59. The topological polar surface area (TPSA) is 78.6 Å². The Hall–Kier alpha value is -0.920. The van der Waals surface area contributed by atoms with E-state index in [4.69, 9.17) is 9.15 Å². The first-order valence-electron chi connectivity index (χ1n) is 3.78. The lowest BCUT2D eigenvalue weighted by atomic mass is 10.5. The molecule has 0 aliphatic carbocycles. The van der Waals surface area contributed by atoms with Crippen LogP contribution in [0.15, 0.2) is 10.7 Å². The summed E-state index contributed by atoms with van der Waals surface area (Å²) in [6.07, 6.45) is 2.31. The number of aromatic nitrogens is 1. The molecule has 7 heteroatoms. The molecule has 0 aromatic carbocycles. The van der Waals surface area contributed by atoms with Gasteiger partial charge in [-0.3, -0.25) is 4.18 Å². The average Bonchev–Trinajstić information content (AvgIpc) is 2.49. The van der Waals surface area contributed by atoms with Crippen LogP contribution >= 0.6 is 0 Å². The minimum Gasteiger partial charge on any atom is -0.446 e. The lowest BCUT2D eigenvalue weighted by Gasteiger charge is -1.95. The molecule has 1 rings (SSSR count). The SMILES string of the molecule is COCc1nc(COS(C)(=O)=O)co1. The average molecular weight is 221 g/mol. The molecule has 0 N–H and O–H groups in total. The molecular weight excluding hydrogens is 210 g/mol. The summed E-state index contributed by atoms with van der Waals surface area (Å²) in [6.45, 7) is 0.130. The summed E-state index contributed by atoms with van der Waals surface area (Å²) in [5, 5.41) is 0. The molecule has 1 aromatic heterocycles. The fraction of sp³-hybridized carbons (Fsp3) is 0.571.